The Labute approximate surface area is 142 Å². The molecule has 5 nitrogen and oxygen atoms in total. The number of ether oxygens (including phenoxy) is 1. The van der Waals surface area contributed by atoms with Crippen LogP contribution in [0.5, 0.6) is 0 Å². The predicted octanol–water partition coefficient (Wildman–Crippen LogP) is 2.87. The highest BCUT2D eigenvalue weighted by Crippen LogP contribution is 2.15. The first-order valence-corrected chi connectivity index (χ1v) is 8.22. The Hall–Kier alpha value is -1.43. The SMILES string of the molecule is CCOCCc1nc(Cc2cccc(Cl)c2)nn1CC(C)(C)O. The fraction of sp³-hybridized carbons (Fsp3) is 0.529. The standard InChI is InChI=1S/C17H24ClN3O2/c1-4-23-9-8-16-19-15(20-21(16)12-17(2,3)22)11-13-6-5-7-14(18)10-13/h5-7,10,22H,4,8-9,11-12H2,1-3H3. The number of nitrogens with zero attached hydrogens (tertiary/aromatic N) is 3. The molecule has 1 aromatic heterocycles. The lowest BCUT2D eigenvalue weighted by Gasteiger charge is -2.17. The molecule has 0 radical (unpaired) electrons. The second-order valence-electron chi connectivity index (χ2n) is 6.17. The second kappa shape index (κ2) is 7.90. The van der Waals surface area contributed by atoms with Crippen molar-refractivity contribution in [2.75, 3.05) is 13.2 Å². The Kier molecular flexibility index (Phi) is 6.16. The molecular formula is C17H24ClN3O2. The second-order valence-corrected chi connectivity index (χ2v) is 6.60. The molecule has 2 rings (SSSR count). The van der Waals surface area contributed by atoms with E-state index < -0.39 is 5.60 Å². The van der Waals surface area contributed by atoms with Crippen LogP contribution in [0.3, 0.4) is 0 Å². The van der Waals surface area contributed by atoms with Crippen molar-refractivity contribution in [2.45, 2.75) is 45.8 Å². The number of aliphatic hydroxyl groups is 1. The van der Waals surface area contributed by atoms with E-state index in [-0.39, 0.29) is 0 Å². The van der Waals surface area contributed by atoms with Crippen molar-refractivity contribution in [3.8, 4) is 0 Å². The summed E-state index contributed by atoms with van der Waals surface area (Å²) < 4.78 is 7.18. The highest BCUT2D eigenvalue weighted by molar-refractivity contribution is 6.30. The van der Waals surface area contributed by atoms with Crippen LogP contribution in [0.25, 0.3) is 0 Å². The fourth-order valence-electron chi connectivity index (χ4n) is 2.32. The van der Waals surface area contributed by atoms with E-state index >= 15 is 0 Å². The maximum absolute atomic E-state index is 10.1. The van der Waals surface area contributed by atoms with E-state index in [4.69, 9.17) is 16.3 Å². The lowest BCUT2D eigenvalue weighted by atomic mass is 10.1. The highest BCUT2D eigenvalue weighted by Gasteiger charge is 2.18. The summed E-state index contributed by atoms with van der Waals surface area (Å²) in [5, 5.41) is 15.3. The molecule has 0 atom stereocenters. The van der Waals surface area contributed by atoms with E-state index in [1.165, 1.54) is 0 Å². The zero-order chi connectivity index (χ0) is 16.9. The van der Waals surface area contributed by atoms with Crippen LogP contribution in [0, 0.1) is 0 Å². The summed E-state index contributed by atoms with van der Waals surface area (Å²) in [5.41, 5.74) is 0.218. The molecule has 0 bridgehead atoms. The summed E-state index contributed by atoms with van der Waals surface area (Å²) in [4.78, 5) is 4.61. The predicted molar refractivity (Wildman–Crippen MR) is 90.8 cm³/mol. The summed E-state index contributed by atoms with van der Waals surface area (Å²) >= 11 is 6.02. The molecule has 0 spiro atoms. The molecule has 0 aliphatic heterocycles. The summed E-state index contributed by atoms with van der Waals surface area (Å²) in [6, 6.07) is 7.68. The first-order valence-electron chi connectivity index (χ1n) is 7.84. The van der Waals surface area contributed by atoms with Crippen molar-refractivity contribution in [3.05, 3.63) is 46.5 Å². The average molecular weight is 338 g/mol. The molecule has 126 valence electrons. The molecular weight excluding hydrogens is 314 g/mol. The van der Waals surface area contributed by atoms with Gasteiger partial charge in [-0.1, -0.05) is 23.7 Å². The Morgan fingerprint density at radius 1 is 1.35 bits per heavy atom. The van der Waals surface area contributed by atoms with Crippen LogP contribution in [0.1, 0.15) is 38.0 Å². The van der Waals surface area contributed by atoms with Gasteiger partial charge < -0.3 is 9.84 Å². The molecule has 1 aromatic carbocycles. The number of hydrogen-bond acceptors (Lipinski definition) is 4. The minimum absolute atomic E-state index is 0.400. The van der Waals surface area contributed by atoms with Gasteiger partial charge >= 0.3 is 0 Å². The molecule has 0 amide bonds. The van der Waals surface area contributed by atoms with Gasteiger partial charge in [-0.15, -0.1) is 0 Å². The van der Waals surface area contributed by atoms with Gasteiger partial charge in [-0.3, -0.25) is 0 Å². The molecule has 2 aromatic rings. The van der Waals surface area contributed by atoms with Crippen LogP contribution >= 0.6 is 11.6 Å². The average Bonchev–Trinajstić information content (AvgIpc) is 2.79. The van der Waals surface area contributed by atoms with Gasteiger partial charge in [-0.05, 0) is 38.5 Å². The molecule has 1 N–H and O–H groups in total. The first kappa shape index (κ1) is 17.9. The molecule has 1 heterocycles. The molecule has 0 saturated carbocycles. The quantitative estimate of drug-likeness (QED) is 0.752. The van der Waals surface area contributed by atoms with Crippen LogP contribution in [0.4, 0.5) is 0 Å². The maximum atomic E-state index is 10.1. The van der Waals surface area contributed by atoms with Gasteiger partial charge in [0.25, 0.3) is 0 Å². The zero-order valence-corrected chi connectivity index (χ0v) is 14.7. The van der Waals surface area contributed by atoms with E-state index in [0.29, 0.717) is 37.6 Å². The van der Waals surface area contributed by atoms with E-state index in [9.17, 15) is 5.11 Å². The van der Waals surface area contributed by atoms with E-state index in [1.54, 1.807) is 18.5 Å². The normalized spacial score (nSPS) is 11.9. The van der Waals surface area contributed by atoms with Crippen molar-refractivity contribution in [1.29, 1.82) is 0 Å². The third kappa shape index (κ3) is 5.94. The number of rotatable bonds is 8. The van der Waals surface area contributed by atoms with Crippen LogP contribution in [-0.2, 0) is 24.1 Å². The summed E-state index contributed by atoms with van der Waals surface area (Å²) in [6.07, 6.45) is 1.29. The van der Waals surface area contributed by atoms with Crippen molar-refractivity contribution >= 4 is 11.6 Å². The van der Waals surface area contributed by atoms with Crippen molar-refractivity contribution in [2.24, 2.45) is 0 Å². The van der Waals surface area contributed by atoms with Crippen molar-refractivity contribution < 1.29 is 9.84 Å². The van der Waals surface area contributed by atoms with Crippen LogP contribution in [0.15, 0.2) is 24.3 Å². The minimum Gasteiger partial charge on any atom is -0.389 e. The van der Waals surface area contributed by atoms with Gasteiger partial charge in [-0.2, -0.15) is 5.10 Å². The third-order valence-corrected chi connectivity index (χ3v) is 3.49. The third-order valence-electron chi connectivity index (χ3n) is 3.25. The molecule has 0 aliphatic carbocycles. The summed E-state index contributed by atoms with van der Waals surface area (Å²) in [6.45, 7) is 7.16. The Morgan fingerprint density at radius 2 is 2.13 bits per heavy atom. The zero-order valence-electron chi connectivity index (χ0n) is 13.9. The fourth-order valence-corrected chi connectivity index (χ4v) is 2.53. The van der Waals surface area contributed by atoms with E-state index in [1.807, 2.05) is 31.2 Å². The van der Waals surface area contributed by atoms with Gasteiger partial charge in [0.15, 0.2) is 5.82 Å². The van der Waals surface area contributed by atoms with E-state index in [2.05, 4.69) is 10.1 Å². The number of aromatic nitrogens is 3. The van der Waals surface area contributed by atoms with Crippen LogP contribution in [0.2, 0.25) is 5.02 Å². The summed E-state index contributed by atoms with van der Waals surface area (Å²) in [7, 11) is 0. The lowest BCUT2D eigenvalue weighted by Crippen LogP contribution is -2.28. The smallest absolute Gasteiger partial charge is 0.155 e. The Balaban J connectivity index is 2.17. The van der Waals surface area contributed by atoms with Gasteiger partial charge in [0.2, 0.25) is 0 Å². The van der Waals surface area contributed by atoms with Crippen LogP contribution in [-0.4, -0.2) is 38.7 Å². The topological polar surface area (TPSA) is 60.2 Å². The number of benzene rings is 1. The Morgan fingerprint density at radius 3 is 2.78 bits per heavy atom. The summed E-state index contributed by atoms with van der Waals surface area (Å²) in [5.74, 6) is 1.56. The van der Waals surface area contributed by atoms with Crippen molar-refractivity contribution in [3.63, 3.8) is 0 Å². The number of halogens is 1. The molecule has 0 saturated heterocycles. The van der Waals surface area contributed by atoms with Gasteiger partial charge in [0.1, 0.15) is 5.82 Å². The van der Waals surface area contributed by atoms with E-state index in [0.717, 1.165) is 17.2 Å². The molecule has 23 heavy (non-hydrogen) atoms. The molecule has 6 heteroatoms. The van der Waals surface area contributed by atoms with Crippen molar-refractivity contribution in [1.82, 2.24) is 14.8 Å². The molecule has 0 fully saturated rings. The monoisotopic (exact) mass is 337 g/mol. The van der Waals surface area contributed by atoms with Gasteiger partial charge in [0, 0.05) is 24.5 Å². The minimum atomic E-state index is -0.846. The maximum Gasteiger partial charge on any atom is 0.155 e. The van der Waals surface area contributed by atoms with Gasteiger partial charge in [0.05, 0.1) is 18.8 Å². The number of hydrogen-bond donors (Lipinski definition) is 1. The molecule has 0 aliphatic rings. The lowest BCUT2D eigenvalue weighted by molar-refractivity contribution is 0.0558. The largest absolute Gasteiger partial charge is 0.389 e. The molecule has 0 unspecified atom stereocenters. The first-order chi connectivity index (χ1) is 10.9. The van der Waals surface area contributed by atoms with Crippen LogP contribution < -0.4 is 0 Å². The highest BCUT2D eigenvalue weighted by atomic mass is 35.5. The van der Waals surface area contributed by atoms with Gasteiger partial charge in [-0.25, -0.2) is 9.67 Å². The Bertz CT molecular complexity index is 635.